The van der Waals surface area contributed by atoms with Crippen LogP contribution in [0.3, 0.4) is 0 Å². The maximum Gasteiger partial charge on any atom is 0.172 e. The van der Waals surface area contributed by atoms with E-state index in [4.69, 9.17) is 9.47 Å². The maximum absolute atomic E-state index is 13.5. The summed E-state index contributed by atoms with van der Waals surface area (Å²) >= 11 is 0. The van der Waals surface area contributed by atoms with Crippen LogP contribution in [-0.2, 0) is 0 Å². The number of hydrogen-bond donors (Lipinski definition) is 0. The van der Waals surface area contributed by atoms with E-state index >= 15 is 0 Å². The van der Waals surface area contributed by atoms with Gasteiger partial charge in [-0.2, -0.15) is 0 Å². The smallest absolute Gasteiger partial charge is 0.172 e. The van der Waals surface area contributed by atoms with Gasteiger partial charge in [-0.05, 0) is 53.7 Å². The van der Waals surface area contributed by atoms with Gasteiger partial charge in [-0.15, -0.1) is 0 Å². The second-order valence-electron chi connectivity index (χ2n) is 11.4. The average molecular weight is 391 g/mol. The molecule has 1 aromatic rings. The lowest BCUT2D eigenvalue weighted by atomic mass is 9.78. The summed E-state index contributed by atoms with van der Waals surface area (Å²) in [5.74, 6) is 0.556. The van der Waals surface area contributed by atoms with Crippen molar-refractivity contribution in [2.24, 2.45) is 10.8 Å². The molecule has 28 heavy (non-hydrogen) atoms. The van der Waals surface area contributed by atoms with Crippen LogP contribution in [0.4, 0.5) is 0 Å². The Morgan fingerprint density at radius 2 is 0.821 bits per heavy atom. The zero-order chi connectivity index (χ0) is 22.3. The number of carbonyl (C=O) groups is 2. The first-order valence-corrected chi connectivity index (χ1v) is 9.89. The van der Waals surface area contributed by atoms with Crippen LogP contribution < -0.4 is 9.47 Å². The number of hydrogen-bond acceptors (Lipinski definition) is 4. The molecule has 1 rings (SSSR count). The average Bonchev–Trinajstić information content (AvgIpc) is 2.42. The van der Waals surface area contributed by atoms with Gasteiger partial charge in [0.1, 0.15) is 22.7 Å². The first kappa shape index (κ1) is 24.2. The zero-order valence-electron chi connectivity index (χ0n) is 19.8. The van der Waals surface area contributed by atoms with E-state index in [1.165, 1.54) is 0 Å². The normalized spacial score (nSPS) is 13.3. The molecule has 0 unspecified atom stereocenters. The Balaban J connectivity index is 3.95. The molecule has 0 atom stereocenters. The SMILES string of the molecule is CC(C)(C)Oc1ccc(OC(C)(C)C)c(C(=O)C(C)(C)C)c1C(=O)C(C)(C)C. The highest BCUT2D eigenvalue weighted by molar-refractivity contribution is 6.15. The Morgan fingerprint density at radius 1 is 0.571 bits per heavy atom. The fourth-order valence-corrected chi connectivity index (χ4v) is 2.60. The van der Waals surface area contributed by atoms with Crippen molar-refractivity contribution >= 4 is 11.6 Å². The fraction of sp³-hybridized carbons (Fsp3) is 0.667. The molecule has 158 valence electrons. The van der Waals surface area contributed by atoms with E-state index < -0.39 is 22.0 Å². The van der Waals surface area contributed by atoms with Crippen LogP contribution in [0.2, 0.25) is 0 Å². The van der Waals surface area contributed by atoms with Crippen molar-refractivity contribution in [2.75, 3.05) is 0 Å². The summed E-state index contributed by atoms with van der Waals surface area (Å²) in [6.45, 7) is 22.6. The maximum atomic E-state index is 13.5. The highest BCUT2D eigenvalue weighted by Crippen LogP contribution is 2.40. The molecule has 4 nitrogen and oxygen atoms in total. The molecule has 0 radical (unpaired) electrons. The summed E-state index contributed by atoms with van der Waals surface area (Å²) in [5, 5.41) is 0. The molecule has 0 aliphatic carbocycles. The summed E-state index contributed by atoms with van der Waals surface area (Å²) in [4.78, 5) is 26.9. The topological polar surface area (TPSA) is 52.6 Å². The van der Waals surface area contributed by atoms with Crippen LogP contribution in [-0.4, -0.2) is 22.8 Å². The Labute approximate surface area is 171 Å². The van der Waals surface area contributed by atoms with Crippen molar-refractivity contribution in [3.8, 4) is 11.5 Å². The largest absolute Gasteiger partial charge is 0.487 e. The third-order valence-electron chi connectivity index (χ3n) is 3.78. The van der Waals surface area contributed by atoms with Gasteiger partial charge < -0.3 is 9.47 Å². The van der Waals surface area contributed by atoms with E-state index in [0.29, 0.717) is 22.6 Å². The minimum Gasteiger partial charge on any atom is -0.487 e. The van der Waals surface area contributed by atoms with Gasteiger partial charge in [0.15, 0.2) is 11.6 Å². The highest BCUT2D eigenvalue weighted by Gasteiger charge is 2.37. The van der Waals surface area contributed by atoms with E-state index in [0.717, 1.165) is 0 Å². The van der Waals surface area contributed by atoms with Crippen molar-refractivity contribution in [2.45, 2.75) is 94.3 Å². The summed E-state index contributed by atoms with van der Waals surface area (Å²) in [5.41, 5.74) is -1.76. The van der Waals surface area contributed by atoms with Gasteiger partial charge in [0.2, 0.25) is 0 Å². The third kappa shape index (κ3) is 6.35. The minimum absolute atomic E-state index is 0.140. The highest BCUT2D eigenvalue weighted by atomic mass is 16.5. The van der Waals surface area contributed by atoms with E-state index in [1.54, 1.807) is 12.1 Å². The van der Waals surface area contributed by atoms with Gasteiger partial charge >= 0.3 is 0 Å². The van der Waals surface area contributed by atoms with E-state index in [2.05, 4.69) is 0 Å². The molecule has 4 heteroatoms. The van der Waals surface area contributed by atoms with Crippen LogP contribution >= 0.6 is 0 Å². The van der Waals surface area contributed by atoms with Crippen LogP contribution in [0.25, 0.3) is 0 Å². The lowest BCUT2D eigenvalue weighted by Crippen LogP contribution is -2.32. The van der Waals surface area contributed by atoms with Crippen LogP contribution in [0.5, 0.6) is 11.5 Å². The Morgan fingerprint density at radius 3 is 1.00 bits per heavy atom. The molecule has 0 N–H and O–H groups in total. The van der Waals surface area contributed by atoms with Gasteiger partial charge in [0.05, 0.1) is 11.1 Å². The molecule has 0 aliphatic rings. The predicted octanol–water partition coefficient (Wildman–Crippen LogP) is 6.50. The van der Waals surface area contributed by atoms with Gasteiger partial charge in [-0.1, -0.05) is 41.5 Å². The van der Waals surface area contributed by atoms with Gasteiger partial charge in [0, 0.05) is 10.8 Å². The second-order valence-corrected chi connectivity index (χ2v) is 11.4. The van der Waals surface area contributed by atoms with Gasteiger partial charge in [-0.3, -0.25) is 9.59 Å². The van der Waals surface area contributed by atoms with Crippen molar-refractivity contribution < 1.29 is 19.1 Å². The summed E-state index contributed by atoms with van der Waals surface area (Å²) < 4.78 is 12.2. The number of ketones is 2. The lowest BCUT2D eigenvalue weighted by Gasteiger charge is -2.31. The zero-order valence-corrected chi connectivity index (χ0v) is 19.8. The Hall–Kier alpha value is -1.84. The van der Waals surface area contributed by atoms with Crippen molar-refractivity contribution in [1.29, 1.82) is 0 Å². The van der Waals surface area contributed by atoms with Crippen LogP contribution in [0.1, 0.15) is 104 Å². The van der Waals surface area contributed by atoms with E-state index in [-0.39, 0.29) is 11.6 Å². The lowest BCUT2D eigenvalue weighted by molar-refractivity contribution is 0.0789. The number of rotatable bonds is 4. The first-order valence-electron chi connectivity index (χ1n) is 9.89. The van der Waals surface area contributed by atoms with Crippen LogP contribution in [0.15, 0.2) is 12.1 Å². The van der Waals surface area contributed by atoms with Crippen molar-refractivity contribution in [3.05, 3.63) is 23.3 Å². The molecule has 0 saturated carbocycles. The number of carbonyl (C=O) groups excluding carboxylic acids is 2. The molecular weight excluding hydrogens is 352 g/mol. The number of ether oxygens (including phenoxy) is 2. The minimum atomic E-state index is -0.677. The summed E-state index contributed by atoms with van der Waals surface area (Å²) in [7, 11) is 0. The van der Waals surface area contributed by atoms with E-state index in [1.807, 2.05) is 83.1 Å². The molecule has 0 amide bonds. The molecule has 1 aromatic carbocycles. The van der Waals surface area contributed by atoms with Gasteiger partial charge in [0.25, 0.3) is 0 Å². The molecule has 0 spiro atoms. The first-order chi connectivity index (χ1) is 12.2. The van der Waals surface area contributed by atoms with E-state index in [9.17, 15) is 9.59 Å². The second kappa shape index (κ2) is 7.53. The molecular formula is C24H38O4. The number of Topliss-reactive ketones (excluding diaryl/α,β-unsaturated/α-hetero) is 2. The summed E-state index contributed by atoms with van der Waals surface area (Å²) in [6, 6.07) is 3.48. The molecule has 0 saturated heterocycles. The van der Waals surface area contributed by atoms with Crippen molar-refractivity contribution in [3.63, 3.8) is 0 Å². The Kier molecular flexibility index (Phi) is 6.51. The monoisotopic (exact) mass is 390 g/mol. The van der Waals surface area contributed by atoms with Crippen molar-refractivity contribution in [1.82, 2.24) is 0 Å². The fourth-order valence-electron chi connectivity index (χ4n) is 2.60. The Bertz CT molecular complexity index is 680. The van der Waals surface area contributed by atoms with Gasteiger partial charge in [-0.25, -0.2) is 0 Å². The van der Waals surface area contributed by atoms with Crippen LogP contribution in [0, 0.1) is 10.8 Å². The molecule has 0 heterocycles. The molecule has 0 aliphatic heterocycles. The number of benzene rings is 1. The predicted molar refractivity (Wildman–Crippen MR) is 115 cm³/mol. The quantitative estimate of drug-likeness (QED) is 0.551. The summed E-state index contributed by atoms with van der Waals surface area (Å²) in [6.07, 6.45) is 0. The molecule has 0 aromatic heterocycles. The standard InChI is InChI=1S/C24H38O4/c1-21(2,3)19(25)17-15(27-23(7,8)9)13-14-16(28-24(10,11)12)18(17)20(26)22(4,5)6/h13-14H,1-12H3. The molecule has 0 fully saturated rings. The molecule has 0 bridgehead atoms. The third-order valence-corrected chi connectivity index (χ3v) is 3.78.